The zero-order valence-electron chi connectivity index (χ0n) is 23.0. The van der Waals surface area contributed by atoms with Crippen molar-refractivity contribution in [3.05, 3.63) is 101 Å². The summed E-state index contributed by atoms with van der Waals surface area (Å²) in [6.07, 6.45) is 0.164. The van der Waals surface area contributed by atoms with E-state index in [9.17, 15) is 22.4 Å². The number of carbonyl (C=O) groups excluding carboxylic acids is 2. The Balaban J connectivity index is 2.00. The predicted molar refractivity (Wildman–Crippen MR) is 150 cm³/mol. The summed E-state index contributed by atoms with van der Waals surface area (Å²) in [6.45, 7) is 6.60. The van der Waals surface area contributed by atoms with Crippen LogP contribution in [-0.2, 0) is 32.6 Å². The van der Waals surface area contributed by atoms with Gasteiger partial charge in [0.15, 0.2) is 0 Å². The van der Waals surface area contributed by atoms with Gasteiger partial charge in [-0.15, -0.1) is 0 Å². The molecule has 3 rings (SSSR count). The first-order valence-corrected chi connectivity index (χ1v) is 14.1. The minimum Gasteiger partial charge on any atom is -0.350 e. The van der Waals surface area contributed by atoms with Gasteiger partial charge < -0.3 is 10.2 Å². The average molecular weight is 554 g/mol. The highest BCUT2D eigenvalue weighted by atomic mass is 32.2. The number of benzene rings is 3. The van der Waals surface area contributed by atoms with Crippen LogP contribution in [0.2, 0.25) is 0 Å². The second kappa shape index (κ2) is 12.5. The van der Waals surface area contributed by atoms with E-state index in [4.69, 9.17) is 0 Å². The maximum absolute atomic E-state index is 14.7. The second-order valence-corrected chi connectivity index (χ2v) is 12.7. The van der Waals surface area contributed by atoms with Crippen molar-refractivity contribution in [1.82, 2.24) is 14.5 Å². The quantitative estimate of drug-likeness (QED) is 0.406. The van der Waals surface area contributed by atoms with Crippen LogP contribution in [-0.4, -0.2) is 54.6 Å². The lowest BCUT2D eigenvalue weighted by atomic mass is 10.0. The van der Waals surface area contributed by atoms with E-state index in [1.807, 2.05) is 58.0 Å². The number of sulfonamides is 1. The lowest BCUT2D eigenvalue weighted by Crippen LogP contribution is -2.56. The molecule has 208 valence electrons. The maximum Gasteiger partial charge on any atom is 0.243 e. The summed E-state index contributed by atoms with van der Waals surface area (Å²) in [7, 11) is -2.67. The van der Waals surface area contributed by atoms with Crippen LogP contribution in [0.1, 0.15) is 37.5 Å². The van der Waals surface area contributed by atoms with Gasteiger partial charge in [0.05, 0.1) is 11.4 Å². The smallest absolute Gasteiger partial charge is 0.243 e. The van der Waals surface area contributed by atoms with Gasteiger partial charge in [-0.2, -0.15) is 4.31 Å². The fraction of sp³-hybridized carbons (Fsp3) is 0.333. The molecule has 7 nitrogen and oxygen atoms in total. The number of hydrogen-bond donors (Lipinski definition) is 1. The van der Waals surface area contributed by atoms with Gasteiger partial charge in [0, 0.05) is 31.1 Å². The molecule has 0 saturated heterocycles. The Bertz CT molecular complexity index is 1390. The fourth-order valence-electron chi connectivity index (χ4n) is 4.07. The molecule has 0 spiro atoms. The molecule has 0 aliphatic carbocycles. The molecule has 0 aromatic heterocycles. The molecule has 0 saturated carbocycles. The van der Waals surface area contributed by atoms with Gasteiger partial charge in [-0.05, 0) is 51.5 Å². The van der Waals surface area contributed by atoms with Crippen molar-refractivity contribution in [2.75, 3.05) is 13.6 Å². The van der Waals surface area contributed by atoms with Gasteiger partial charge in [0.2, 0.25) is 21.8 Å². The van der Waals surface area contributed by atoms with Crippen molar-refractivity contribution in [3.8, 4) is 0 Å². The van der Waals surface area contributed by atoms with E-state index in [-0.39, 0.29) is 23.4 Å². The largest absolute Gasteiger partial charge is 0.350 e. The first-order chi connectivity index (χ1) is 18.3. The van der Waals surface area contributed by atoms with Gasteiger partial charge in [-0.25, -0.2) is 12.8 Å². The summed E-state index contributed by atoms with van der Waals surface area (Å²) in [4.78, 5) is 28.7. The molecule has 39 heavy (non-hydrogen) atoms. The Hall–Kier alpha value is -3.56. The molecule has 0 aliphatic heterocycles. The standard InChI is InChI=1S/C30H36FN3O4S/c1-22-15-17-25(18-16-22)39(37,38)33(5)21-28(35)34(20-24-13-9-10-14-26(24)31)27(29(36)32-30(2,3)4)19-23-11-7-6-8-12-23/h6-18,27H,19-21H2,1-5H3,(H,32,36). The van der Waals surface area contributed by atoms with Crippen molar-refractivity contribution in [3.63, 3.8) is 0 Å². The monoisotopic (exact) mass is 553 g/mol. The van der Waals surface area contributed by atoms with E-state index in [2.05, 4.69) is 5.32 Å². The van der Waals surface area contributed by atoms with Crippen LogP contribution in [0, 0.1) is 12.7 Å². The van der Waals surface area contributed by atoms with E-state index in [0.717, 1.165) is 15.4 Å². The number of nitrogens with one attached hydrogen (secondary N) is 1. The molecule has 3 aromatic rings. The van der Waals surface area contributed by atoms with Gasteiger partial charge in [-0.1, -0.05) is 66.2 Å². The van der Waals surface area contributed by atoms with Gasteiger partial charge in [-0.3, -0.25) is 9.59 Å². The van der Waals surface area contributed by atoms with E-state index < -0.39 is 45.8 Å². The Morgan fingerprint density at radius 1 is 0.923 bits per heavy atom. The molecule has 1 atom stereocenters. The van der Waals surface area contributed by atoms with Crippen molar-refractivity contribution < 1.29 is 22.4 Å². The topological polar surface area (TPSA) is 86.8 Å². The third-order valence-electron chi connectivity index (χ3n) is 6.15. The van der Waals surface area contributed by atoms with Crippen molar-refractivity contribution in [1.29, 1.82) is 0 Å². The highest BCUT2D eigenvalue weighted by molar-refractivity contribution is 7.89. The molecule has 0 bridgehead atoms. The van der Waals surface area contributed by atoms with Crippen LogP contribution < -0.4 is 5.32 Å². The SMILES string of the molecule is Cc1ccc(S(=O)(=O)N(C)CC(=O)N(Cc2ccccc2F)C(Cc2ccccc2)C(=O)NC(C)(C)C)cc1. The number of halogens is 1. The number of aryl methyl sites for hydroxylation is 1. The highest BCUT2D eigenvalue weighted by Crippen LogP contribution is 2.20. The molecular weight excluding hydrogens is 517 g/mol. The lowest BCUT2D eigenvalue weighted by Gasteiger charge is -2.34. The molecule has 0 fully saturated rings. The molecular formula is C30H36FN3O4S. The van der Waals surface area contributed by atoms with E-state index >= 15 is 0 Å². The van der Waals surface area contributed by atoms with Crippen LogP contribution >= 0.6 is 0 Å². The summed E-state index contributed by atoms with van der Waals surface area (Å²) in [5.41, 5.74) is 1.33. The van der Waals surface area contributed by atoms with Crippen LogP contribution in [0.4, 0.5) is 4.39 Å². The molecule has 1 N–H and O–H groups in total. The van der Waals surface area contributed by atoms with Gasteiger partial charge in [0.25, 0.3) is 0 Å². The first-order valence-electron chi connectivity index (χ1n) is 12.7. The summed E-state index contributed by atoms with van der Waals surface area (Å²) < 4.78 is 42.1. The Kier molecular flexibility index (Phi) is 9.63. The zero-order chi connectivity index (χ0) is 28.8. The number of carbonyl (C=O) groups is 2. The van der Waals surface area contributed by atoms with Crippen LogP contribution in [0.5, 0.6) is 0 Å². The van der Waals surface area contributed by atoms with Crippen molar-refractivity contribution >= 4 is 21.8 Å². The van der Waals surface area contributed by atoms with Crippen molar-refractivity contribution in [2.45, 2.75) is 57.1 Å². The third kappa shape index (κ3) is 8.21. The number of hydrogen-bond acceptors (Lipinski definition) is 4. The molecule has 0 aliphatic rings. The molecule has 2 amide bonds. The molecule has 9 heteroatoms. The molecule has 0 heterocycles. The Morgan fingerprint density at radius 2 is 1.51 bits per heavy atom. The van der Waals surface area contributed by atoms with Crippen LogP contribution in [0.25, 0.3) is 0 Å². The van der Waals surface area contributed by atoms with Crippen LogP contribution in [0.15, 0.2) is 83.8 Å². The maximum atomic E-state index is 14.7. The van der Waals surface area contributed by atoms with E-state index in [1.54, 1.807) is 30.3 Å². The normalized spacial score (nSPS) is 12.7. The summed E-state index contributed by atoms with van der Waals surface area (Å²) in [5, 5.41) is 2.93. The number of nitrogens with zero attached hydrogens (tertiary/aromatic N) is 2. The van der Waals surface area contributed by atoms with Gasteiger partial charge in [0.1, 0.15) is 11.9 Å². The second-order valence-electron chi connectivity index (χ2n) is 10.6. The minimum absolute atomic E-state index is 0.0513. The molecule has 0 radical (unpaired) electrons. The van der Waals surface area contributed by atoms with E-state index in [0.29, 0.717) is 0 Å². The number of likely N-dealkylation sites (N-methyl/N-ethyl adjacent to an activating group) is 1. The van der Waals surface area contributed by atoms with Crippen LogP contribution in [0.3, 0.4) is 0 Å². The lowest BCUT2D eigenvalue weighted by molar-refractivity contribution is -0.142. The summed E-state index contributed by atoms with van der Waals surface area (Å²) in [6, 6.07) is 20.5. The number of rotatable bonds is 10. The highest BCUT2D eigenvalue weighted by Gasteiger charge is 2.34. The van der Waals surface area contributed by atoms with Gasteiger partial charge >= 0.3 is 0 Å². The summed E-state index contributed by atoms with van der Waals surface area (Å²) >= 11 is 0. The Labute approximate surface area is 230 Å². The third-order valence-corrected chi connectivity index (χ3v) is 7.97. The predicted octanol–water partition coefficient (Wildman–Crippen LogP) is 4.31. The summed E-state index contributed by atoms with van der Waals surface area (Å²) in [5.74, 6) is -1.56. The molecule has 3 aromatic carbocycles. The number of amides is 2. The zero-order valence-corrected chi connectivity index (χ0v) is 23.8. The Morgan fingerprint density at radius 3 is 2.10 bits per heavy atom. The van der Waals surface area contributed by atoms with E-state index in [1.165, 1.54) is 30.1 Å². The van der Waals surface area contributed by atoms with Crippen molar-refractivity contribution in [2.24, 2.45) is 0 Å². The first kappa shape index (κ1) is 30.0. The average Bonchev–Trinajstić information content (AvgIpc) is 2.87. The fourth-order valence-corrected chi connectivity index (χ4v) is 5.19. The minimum atomic E-state index is -3.99. The molecule has 1 unspecified atom stereocenters.